The van der Waals surface area contributed by atoms with Crippen LogP contribution in [0.15, 0.2) is 0 Å². The number of nitrogens with zero attached hydrogens (tertiary/aromatic N) is 1. The first kappa shape index (κ1) is 15.5. The molecule has 1 aliphatic heterocycles. The zero-order valence-corrected chi connectivity index (χ0v) is 11.0. The lowest BCUT2D eigenvalue weighted by molar-refractivity contribution is 0.133. The van der Waals surface area contributed by atoms with Gasteiger partial charge in [-0.3, -0.25) is 0 Å². The molecule has 0 aromatic carbocycles. The minimum atomic E-state index is 0. The van der Waals surface area contributed by atoms with Gasteiger partial charge >= 0.3 is 0 Å². The van der Waals surface area contributed by atoms with Gasteiger partial charge in [0.25, 0.3) is 0 Å². The van der Waals surface area contributed by atoms with E-state index in [1.54, 1.807) is 0 Å². The molecule has 1 saturated heterocycles. The number of piperidine rings is 1. The van der Waals surface area contributed by atoms with E-state index in [0.717, 1.165) is 18.4 Å². The van der Waals surface area contributed by atoms with Crippen molar-refractivity contribution in [2.45, 2.75) is 32.1 Å². The van der Waals surface area contributed by atoms with E-state index >= 15 is 0 Å². The Labute approximate surface area is 106 Å². The third-order valence-electron chi connectivity index (χ3n) is 3.78. The van der Waals surface area contributed by atoms with Crippen molar-refractivity contribution < 1.29 is 0 Å². The molecule has 0 aromatic heterocycles. The Morgan fingerprint density at radius 3 is 1.93 bits per heavy atom. The van der Waals surface area contributed by atoms with E-state index in [4.69, 9.17) is 5.73 Å². The van der Waals surface area contributed by atoms with Crippen LogP contribution in [0.1, 0.15) is 32.1 Å². The van der Waals surface area contributed by atoms with E-state index in [2.05, 4.69) is 4.90 Å². The van der Waals surface area contributed by atoms with Gasteiger partial charge in [0.1, 0.15) is 0 Å². The van der Waals surface area contributed by atoms with E-state index in [1.807, 2.05) is 0 Å². The average molecular weight is 255 g/mol. The summed E-state index contributed by atoms with van der Waals surface area (Å²) in [5, 5.41) is 0. The van der Waals surface area contributed by atoms with Gasteiger partial charge in [-0.15, -0.1) is 24.8 Å². The lowest BCUT2D eigenvalue weighted by atomic mass is 9.84. The molecule has 0 radical (unpaired) electrons. The van der Waals surface area contributed by atoms with Crippen molar-refractivity contribution in [3.05, 3.63) is 0 Å². The highest BCUT2D eigenvalue weighted by Crippen LogP contribution is 2.28. The Hall–Kier alpha value is 0.500. The second kappa shape index (κ2) is 7.72. The normalized spacial score (nSPS) is 23.8. The Balaban J connectivity index is 0.000000980. The number of likely N-dealkylation sites (tertiary alicyclic amines) is 1. The molecule has 15 heavy (non-hydrogen) atoms. The number of halogens is 2. The second-order valence-corrected chi connectivity index (χ2v) is 4.78. The summed E-state index contributed by atoms with van der Waals surface area (Å²) in [5.41, 5.74) is 5.67. The summed E-state index contributed by atoms with van der Waals surface area (Å²) >= 11 is 0. The Morgan fingerprint density at radius 2 is 1.53 bits per heavy atom. The number of hydrogen-bond acceptors (Lipinski definition) is 2. The minimum Gasteiger partial charge on any atom is -0.330 e. The molecule has 2 N–H and O–H groups in total. The maximum absolute atomic E-state index is 5.67. The van der Waals surface area contributed by atoms with Crippen LogP contribution in [0.25, 0.3) is 0 Å². The summed E-state index contributed by atoms with van der Waals surface area (Å²) in [6.45, 7) is 4.88. The number of rotatable bonds is 3. The maximum Gasteiger partial charge on any atom is 0.000966 e. The first-order valence-corrected chi connectivity index (χ1v) is 5.81. The van der Waals surface area contributed by atoms with Crippen molar-refractivity contribution in [2.75, 3.05) is 26.2 Å². The largest absolute Gasteiger partial charge is 0.330 e. The van der Waals surface area contributed by atoms with Crippen molar-refractivity contribution in [3.8, 4) is 0 Å². The second-order valence-electron chi connectivity index (χ2n) is 4.78. The molecule has 92 valence electrons. The fourth-order valence-electron chi connectivity index (χ4n) is 2.45. The molecular weight excluding hydrogens is 231 g/mol. The molecular formula is C11H24Cl2N2. The van der Waals surface area contributed by atoms with Gasteiger partial charge in [0.15, 0.2) is 0 Å². The van der Waals surface area contributed by atoms with Crippen LogP contribution >= 0.6 is 24.8 Å². The van der Waals surface area contributed by atoms with Crippen molar-refractivity contribution in [2.24, 2.45) is 17.6 Å². The molecule has 0 atom stereocenters. The molecule has 2 fully saturated rings. The fraction of sp³-hybridized carbons (Fsp3) is 1.00. The molecule has 0 aromatic rings. The van der Waals surface area contributed by atoms with Crippen molar-refractivity contribution in [1.29, 1.82) is 0 Å². The van der Waals surface area contributed by atoms with Gasteiger partial charge in [0.2, 0.25) is 0 Å². The predicted molar refractivity (Wildman–Crippen MR) is 70.1 cm³/mol. The lowest BCUT2D eigenvalue weighted by Gasteiger charge is -2.36. The summed E-state index contributed by atoms with van der Waals surface area (Å²) in [7, 11) is 0. The van der Waals surface area contributed by atoms with Gasteiger partial charge < -0.3 is 10.6 Å². The van der Waals surface area contributed by atoms with Gasteiger partial charge in [0.05, 0.1) is 0 Å². The van der Waals surface area contributed by atoms with E-state index in [0.29, 0.717) is 0 Å². The van der Waals surface area contributed by atoms with Gasteiger partial charge in [0, 0.05) is 6.54 Å². The fourth-order valence-corrected chi connectivity index (χ4v) is 2.45. The van der Waals surface area contributed by atoms with Crippen LogP contribution in [0.5, 0.6) is 0 Å². The predicted octanol–water partition coefficient (Wildman–Crippen LogP) is 2.30. The van der Waals surface area contributed by atoms with Crippen LogP contribution in [0.3, 0.4) is 0 Å². The first-order chi connectivity index (χ1) is 6.38. The van der Waals surface area contributed by atoms with Crippen LogP contribution in [0, 0.1) is 11.8 Å². The van der Waals surface area contributed by atoms with Crippen LogP contribution in [0.4, 0.5) is 0 Å². The van der Waals surface area contributed by atoms with Crippen molar-refractivity contribution >= 4 is 24.8 Å². The average Bonchev–Trinajstić information content (AvgIpc) is 2.12. The van der Waals surface area contributed by atoms with E-state index in [1.165, 1.54) is 51.7 Å². The van der Waals surface area contributed by atoms with Gasteiger partial charge in [-0.05, 0) is 57.2 Å². The lowest BCUT2D eigenvalue weighted by Crippen LogP contribution is -2.40. The molecule has 2 rings (SSSR count). The summed E-state index contributed by atoms with van der Waals surface area (Å²) in [6, 6.07) is 0. The highest BCUT2D eigenvalue weighted by molar-refractivity contribution is 5.85. The van der Waals surface area contributed by atoms with Gasteiger partial charge in [-0.1, -0.05) is 6.42 Å². The molecule has 0 amide bonds. The Morgan fingerprint density at radius 1 is 0.933 bits per heavy atom. The molecule has 2 aliphatic rings. The Kier molecular flexibility index (Phi) is 7.98. The number of hydrogen-bond donors (Lipinski definition) is 1. The third kappa shape index (κ3) is 4.48. The third-order valence-corrected chi connectivity index (χ3v) is 3.78. The van der Waals surface area contributed by atoms with E-state index in [9.17, 15) is 0 Å². The minimum absolute atomic E-state index is 0. The molecule has 4 heteroatoms. The standard InChI is InChI=1S/C11H22N2.2ClH/c12-8-10-4-6-13(7-5-10)9-11-2-1-3-11;;/h10-11H,1-9,12H2;2*1H. The molecule has 1 saturated carbocycles. The zero-order chi connectivity index (χ0) is 9.10. The highest BCUT2D eigenvalue weighted by atomic mass is 35.5. The van der Waals surface area contributed by atoms with Crippen LogP contribution in [-0.2, 0) is 0 Å². The van der Waals surface area contributed by atoms with Gasteiger partial charge in [-0.2, -0.15) is 0 Å². The topological polar surface area (TPSA) is 29.3 Å². The molecule has 1 heterocycles. The summed E-state index contributed by atoms with van der Waals surface area (Å²) < 4.78 is 0. The first-order valence-electron chi connectivity index (χ1n) is 5.81. The number of nitrogens with two attached hydrogens (primary N) is 1. The van der Waals surface area contributed by atoms with Crippen molar-refractivity contribution in [3.63, 3.8) is 0 Å². The van der Waals surface area contributed by atoms with E-state index in [-0.39, 0.29) is 24.8 Å². The summed E-state index contributed by atoms with van der Waals surface area (Å²) in [6.07, 6.45) is 7.12. The monoisotopic (exact) mass is 254 g/mol. The smallest absolute Gasteiger partial charge is 0.000966 e. The maximum atomic E-state index is 5.67. The molecule has 0 unspecified atom stereocenters. The summed E-state index contributed by atoms with van der Waals surface area (Å²) in [5.74, 6) is 1.85. The molecule has 2 nitrogen and oxygen atoms in total. The van der Waals surface area contributed by atoms with Crippen molar-refractivity contribution in [1.82, 2.24) is 4.90 Å². The highest BCUT2D eigenvalue weighted by Gasteiger charge is 2.23. The summed E-state index contributed by atoms with van der Waals surface area (Å²) in [4.78, 5) is 2.65. The van der Waals surface area contributed by atoms with Gasteiger partial charge in [-0.25, -0.2) is 0 Å². The Bertz CT molecular complexity index is 155. The molecule has 0 spiro atoms. The van der Waals surface area contributed by atoms with Crippen LogP contribution < -0.4 is 5.73 Å². The van der Waals surface area contributed by atoms with Crippen LogP contribution in [0.2, 0.25) is 0 Å². The van der Waals surface area contributed by atoms with E-state index < -0.39 is 0 Å². The SMILES string of the molecule is Cl.Cl.NCC1CCN(CC2CCC2)CC1. The molecule has 0 bridgehead atoms. The zero-order valence-electron chi connectivity index (χ0n) is 9.36. The van der Waals surface area contributed by atoms with Crippen LogP contribution in [-0.4, -0.2) is 31.1 Å². The quantitative estimate of drug-likeness (QED) is 0.838. The molecule has 1 aliphatic carbocycles.